The summed E-state index contributed by atoms with van der Waals surface area (Å²) in [5, 5.41) is 5.73. The number of aryl methyl sites for hydroxylation is 1. The van der Waals surface area contributed by atoms with E-state index in [4.69, 9.17) is 0 Å². The minimum Gasteiger partial charge on any atom is -0.322 e. The zero-order valence-electron chi connectivity index (χ0n) is 16.3. The molecule has 3 aromatic carbocycles. The molecule has 0 radical (unpaired) electrons. The molecule has 29 heavy (non-hydrogen) atoms. The van der Waals surface area contributed by atoms with Crippen LogP contribution >= 0.6 is 0 Å². The van der Waals surface area contributed by atoms with Crippen molar-refractivity contribution in [2.75, 3.05) is 16.8 Å². The summed E-state index contributed by atoms with van der Waals surface area (Å²) in [6, 6.07) is 23.6. The van der Waals surface area contributed by atoms with E-state index in [1.807, 2.05) is 85.8 Å². The summed E-state index contributed by atoms with van der Waals surface area (Å²) in [5.74, 6) is -0.138. The Hall–Kier alpha value is -3.60. The number of fused-ring (bicyclic) bond motifs is 1. The number of para-hydroxylation sites is 2. The molecule has 1 heterocycles. The van der Waals surface area contributed by atoms with Gasteiger partial charge in [0.25, 0.3) is 5.91 Å². The van der Waals surface area contributed by atoms with Gasteiger partial charge in [0, 0.05) is 17.9 Å². The second kappa shape index (κ2) is 8.19. The van der Waals surface area contributed by atoms with E-state index in [0.29, 0.717) is 6.54 Å². The first-order valence-electron chi connectivity index (χ1n) is 9.71. The van der Waals surface area contributed by atoms with Crippen molar-refractivity contribution < 1.29 is 9.59 Å². The van der Waals surface area contributed by atoms with E-state index in [0.717, 1.165) is 34.5 Å². The molecular formula is C24H23N3O2. The van der Waals surface area contributed by atoms with Crippen molar-refractivity contribution in [1.82, 2.24) is 5.32 Å². The zero-order chi connectivity index (χ0) is 20.2. The molecule has 1 atom stereocenters. The van der Waals surface area contributed by atoms with Gasteiger partial charge in [0.15, 0.2) is 0 Å². The molecule has 146 valence electrons. The summed E-state index contributed by atoms with van der Waals surface area (Å²) < 4.78 is 0. The molecule has 0 saturated heterocycles. The van der Waals surface area contributed by atoms with E-state index in [1.54, 1.807) is 4.90 Å². The summed E-state index contributed by atoms with van der Waals surface area (Å²) in [6.45, 7) is 2.54. The Balaban J connectivity index is 1.58. The Morgan fingerprint density at radius 2 is 1.59 bits per heavy atom. The molecule has 0 fully saturated rings. The minimum absolute atomic E-state index is 0.138. The van der Waals surface area contributed by atoms with Crippen molar-refractivity contribution >= 4 is 23.3 Å². The van der Waals surface area contributed by atoms with Crippen molar-refractivity contribution in [2.45, 2.75) is 19.4 Å². The van der Waals surface area contributed by atoms with Gasteiger partial charge in [0.05, 0.1) is 0 Å². The molecular weight excluding hydrogens is 362 g/mol. The number of urea groups is 1. The first kappa shape index (κ1) is 18.7. The Morgan fingerprint density at radius 3 is 2.38 bits per heavy atom. The van der Waals surface area contributed by atoms with Crippen molar-refractivity contribution in [3.8, 4) is 0 Å². The lowest BCUT2D eigenvalue weighted by Gasteiger charge is -2.25. The van der Waals surface area contributed by atoms with E-state index in [9.17, 15) is 9.59 Å². The molecule has 0 aromatic heterocycles. The van der Waals surface area contributed by atoms with E-state index in [2.05, 4.69) is 10.6 Å². The summed E-state index contributed by atoms with van der Waals surface area (Å²) in [5.41, 5.74) is 4.49. The Morgan fingerprint density at radius 1 is 0.897 bits per heavy atom. The number of benzene rings is 3. The number of carbonyl (C=O) groups is 2. The van der Waals surface area contributed by atoms with Crippen LogP contribution in [0.1, 0.15) is 22.7 Å². The van der Waals surface area contributed by atoms with Gasteiger partial charge in [0.1, 0.15) is 6.04 Å². The number of amides is 3. The Kier molecular flexibility index (Phi) is 5.29. The SMILES string of the molecule is Cc1ccccc1NC(=O)N[C@H](C(=O)N1CCc2ccccc21)c1ccccc1. The van der Waals surface area contributed by atoms with Crippen LogP contribution in [-0.2, 0) is 11.2 Å². The van der Waals surface area contributed by atoms with Crippen LogP contribution in [0, 0.1) is 6.92 Å². The molecule has 4 rings (SSSR count). The van der Waals surface area contributed by atoms with Gasteiger partial charge in [-0.25, -0.2) is 4.79 Å². The van der Waals surface area contributed by atoms with Gasteiger partial charge in [0.2, 0.25) is 0 Å². The van der Waals surface area contributed by atoms with E-state index in [1.165, 1.54) is 0 Å². The lowest BCUT2D eigenvalue weighted by Crippen LogP contribution is -2.44. The highest BCUT2D eigenvalue weighted by Crippen LogP contribution is 2.30. The molecule has 2 N–H and O–H groups in total. The second-order valence-corrected chi connectivity index (χ2v) is 7.13. The molecule has 1 aliphatic rings. The first-order valence-corrected chi connectivity index (χ1v) is 9.71. The van der Waals surface area contributed by atoms with Gasteiger partial charge in [-0.15, -0.1) is 0 Å². The van der Waals surface area contributed by atoms with Gasteiger partial charge >= 0.3 is 6.03 Å². The van der Waals surface area contributed by atoms with Gasteiger partial charge in [-0.3, -0.25) is 4.79 Å². The third-order valence-corrected chi connectivity index (χ3v) is 5.20. The van der Waals surface area contributed by atoms with Crippen LogP contribution in [0.4, 0.5) is 16.2 Å². The molecule has 5 heteroatoms. The fraction of sp³-hybridized carbons (Fsp3) is 0.167. The zero-order valence-corrected chi connectivity index (χ0v) is 16.3. The quantitative estimate of drug-likeness (QED) is 0.697. The maximum absolute atomic E-state index is 13.4. The third-order valence-electron chi connectivity index (χ3n) is 5.20. The third kappa shape index (κ3) is 3.99. The van der Waals surface area contributed by atoms with Crippen LogP contribution in [-0.4, -0.2) is 18.5 Å². The lowest BCUT2D eigenvalue weighted by atomic mass is 10.1. The molecule has 0 bridgehead atoms. The predicted molar refractivity (Wildman–Crippen MR) is 115 cm³/mol. The maximum atomic E-state index is 13.4. The average molecular weight is 385 g/mol. The topological polar surface area (TPSA) is 61.4 Å². The first-order chi connectivity index (χ1) is 14.1. The molecule has 5 nitrogen and oxygen atoms in total. The molecule has 0 spiro atoms. The number of hydrogen-bond acceptors (Lipinski definition) is 2. The highest BCUT2D eigenvalue weighted by atomic mass is 16.2. The Bertz CT molecular complexity index is 1030. The average Bonchev–Trinajstić information content (AvgIpc) is 3.18. The fourth-order valence-corrected chi connectivity index (χ4v) is 3.66. The standard InChI is InChI=1S/C24H23N3O2/c1-17-9-5-7-13-20(17)25-24(29)26-22(19-11-3-2-4-12-19)23(28)27-16-15-18-10-6-8-14-21(18)27/h2-14,22H,15-16H2,1H3,(H2,25,26,29)/t22-/m0/s1. The van der Waals surface area contributed by atoms with Crippen LogP contribution in [0.25, 0.3) is 0 Å². The summed E-state index contributed by atoms with van der Waals surface area (Å²) in [6.07, 6.45) is 0.818. The minimum atomic E-state index is -0.772. The van der Waals surface area contributed by atoms with E-state index < -0.39 is 12.1 Å². The predicted octanol–water partition coefficient (Wildman–Crippen LogP) is 4.45. The van der Waals surface area contributed by atoms with Gasteiger partial charge < -0.3 is 15.5 Å². The summed E-state index contributed by atoms with van der Waals surface area (Å²) >= 11 is 0. The maximum Gasteiger partial charge on any atom is 0.320 e. The van der Waals surface area contributed by atoms with Crippen molar-refractivity contribution in [1.29, 1.82) is 0 Å². The van der Waals surface area contributed by atoms with Crippen LogP contribution in [0.3, 0.4) is 0 Å². The van der Waals surface area contributed by atoms with E-state index >= 15 is 0 Å². The number of hydrogen-bond donors (Lipinski definition) is 2. The lowest BCUT2D eigenvalue weighted by molar-refractivity contribution is -0.120. The summed E-state index contributed by atoms with van der Waals surface area (Å²) in [7, 11) is 0. The monoisotopic (exact) mass is 385 g/mol. The van der Waals surface area contributed by atoms with Gasteiger partial charge in [-0.2, -0.15) is 0 Å². The highest BCUT2D eigenvalue weighted by molar-refractivity contribution is 6.02. The van der Waals surface area contributed by atoms with Crippen LogP contribution in [0.15, 0.2) is 78.9 Å². The van der Waals surface area contributed by atoms with Crippen LogP contribution in [0.5, 0.6) is 0 Å². The number of rotatable bonds is 4. The molecule has 0 aliphatic carbocycles. The van der Waals surface area contributed by atoms with Crippen molar-refractivity contribution in [3.63, 3.8) is 0 Å². The number of carbonyl (C=O) groups excluding carboxylic acids is 2. The number of nitrogens with zero attached hydrogens (tertiary/aromatic N) is 1. The van der Waals surface area contributed by atoms with Crippen LogP contribution in [0.2, 0.25) is 0 Å². The fourth-order valence-electron chi connectivity index (χ4n) is 3.66. The number of nitrogens with one attached hydrogen (secondary N) is 2. The normalized spacial score (nSPS) is 13.5. The second-order valence-electron chi connectivity index (χ2n) is 7.13. The summed E-state index contributed by atoms with van der Waals surface area (Å²) in [4.78, 5) is 27.9. The Labute approximate surface area is 170 Å². The van der Waals surface area contributed by atoms with Gasteiger partial charge in [-0.05, 0) is 42.2 Å². The number of anilines is 2. The van der Waals surface area contributed by atoms with E-state index in [-0.39, 0.29) is 5.91 Å². The van der Waals surface area contributed by atoms with Crippen molar-refractivity contribution in [3.05, 3.63) is 95.6 Å². The molecule has 0 saturated carbocycles. The molecule has 3 aromatic rings. The van der Waals surface area contributed by atoms with Crippen molar-refractivity contribution in [2.24, 2.45) is 0 Å². The highest BCUT2D eigenvalue weighted by Gasteiger charge is 2.32. The molecule has 0 unspecified atom stereocenters. The smallest absolute Gasteiger partial charge is 0.320 e. The van der Waals surface area contributed by atoms with Gasteiger partial charge in [-0.1, -0.05) is 66.7 Å². The molecule has 3 amide bonds. The molecule has 1 aliphatic heterocycles. The largest absolute Gasteiger partial charge is 0.322 e. The van der Waals surface area contributed by atoms with Crippen LogP contribution < -0.4 is 15.5 Å².